The maximum absolute atomic E-state index is 5.38. The molecule has 2 aromatic heterocycles. The Labute approximate surface area is 116 Å². The van der Waals surface area contributed by atoms with Gasteiger partial charge in [0.2, 0.25) is 11.9 Å². The third-order valence-corrected chi connectivity index (χ3v) is 2.33. The molecule has 8 heteroatoms. The van der Waals surface area contributed by atoms with Gasteiger partial charge in [-0.15, -0.1) is 0 Å². The van der Waals surface area contributed by atoms with Gasteiger partial charge in [-0.2, -0.15) is 15.0 Å². The Bertz CT molecular complexity index is 535. The summed E-state index contributed by atoms with van der Waals surface area (Å²) in [5, 5.41) is 3.05. The Balaban J connectivity index is 2.06. The van der Waals surface area contributed by atoms with Crippen molar-refractivity contribution in [1.82, 2.24) is 19.9 Å². The summed E-state index contributed by atoms with van der Waals surface area (Å²) in [6.07, 6.45) is 2.60. The van der Waals surface area contributed by atoms with Crippen molar-refractivity contribution < 1.29 is 4.74 Å². The molecule has 0 atom stereocenters. The van der Waals surface area contributed by atoms with E-state index in [9.17, 15) is 0 Å². The van der Waals surface area contributed by atoms with Crippen LogP contribution < -0.4 is 21.3 Å². The second-order valence-electron chi connectivity index (χ2n) is 3.93. The highest BCUT2D eigenvalue weighted by molar-refractivity contribution is 5.35. The lowest BCUT2D eigenvalue weighted by Crippen LogP contribution is -2.15. The van der Waals surface area contributed by atoms with Crippen LogP contribution >= 0.6 is 0 Å². The van der Waals surface area contributed by atoms with Gasteiger partial charge in [0, 0.05) is 6.20 Å². The van der Waals surface area contributed by atoms with E-state index in [0.717, 1.165) is 12.1 Å². The van der Waals surface area contributed by atoms with Crippen LogP contribution in [0.2, 0.25) is 0 Å². The second kappa shape index (κ2) is 7.19. The largest absolute Gasteiger partial charge is 0.463 e. The lowest BCUT2D eigenvalue weighted by Gasteiger charge is -2.08. The Morgan fingerprint density at radius 1 is 1.20 bits per heavy atom. The molecule has 0 fully saturated rings. The van der Waals surface area contributed by atoms with Crippen LogP contribution in [-0.4, -0.2) is 26.5 Å². The van der Waals surface area contributed by atoms with Crippen molar-refractivity contribution in [3.8, 4) is 6.01 Å². The Morgan fingerprint density at radius 2 is 2.05 bits per heavy atom. The van der Waals surface area contributed by atoms with Crippen molar-refractivity contribution in [2.75, 3.05) is 17.3 Å². The number of pyridine rings is 1. The van der Waals surface area contributed by atoms with Crippen LogP contribution in [0.3, 0.4) is 0 Å². The normalized spacial score (nSPS) is 10.1. The van der Waals surface area contributed by atoms with E-state index in [0.29, 0.717) is 19.1 Å². The number of rotatable bonds is 7. The molecule has 0 bridgehead atoms. The van der Waals surface area contributed by atoms with E-state index >= 15 is 0 Å². The lowest BCUT2D eigenvalue weighted by atomic mass is 10.3. The average Bonchev–Trinajstić information content (AvgIpc) is 2.51. The molecule has 2 rings (SSSR count). The van der Waals surface area contributed by atoms with Crippen LogP contribution in [0.25, 0.3) is 0 Å². The van der Waals surface area contributed by atoms with Crippen LogP contribution in [-0.2, 0) is 6.54 Å². The molecule has 0 spiro atoms. The van der Waals surface area contributed by atoms with Crippen molar-refractivity contribution in [2.45, 2.75) is 19.9 Å². The minimum atomic E-state index is 0.235. The quantitative estimate of drug-likeness (QED) is 0.506. The van der Waals surface area contributed by atoms with Gasteiger partial charge >= 0.3 is 6.01 Å². The van der Waals surface area contributed by atoms with Crippen LogP contribution in [0, 0.1) is 0 Å². The van der Waals surface area contributed by atoms with E-state index in [1.54, 1.807) is 6.20 Å². The molecule has 0 amide bonds. The zero-order chi connectivity index (χ0) is 14.2. The zero-order valence-electron chi connectivity index (χ0n) is 11.2. The molecule has 0 aliphatic carbocycles. The number of hydrogen-bond donors (Lipinski definition) is 3. The van der Waals surface area contributed by atoms with Crippen LogP contribution in [0.15, 0.2) is 24.4 Å². The van der Waals surface area contributed by atoms with Crippen LogP contribution in [0.4, 0.5) is 11.9 Å². The average molecular weight is 275 g/mol. The van der Waals surface area contributed by atoms with E-state index in [1.807, 2.05) is 25.1 Å². The molecule has 0 unspecified atom stereocenters. The number of hydrogen-bond acceptors (Lipinski definition) is 8. The molecule has 4 N–H and O–H groups in total. The number of nitrogens with two attached hydrogens (primary N) is 1. The summed E-state index contributed by atoms with van der Waals surface area (Å²) < 4.78 is 5.38. The van der Waals surface area contributed by atoms with Gasteiger partial charge in [-0.25, -0.2) is 5.84 Å². The summed E-state index contributed by atoms with van der Waals surface area (Å²) in [5.74, 6) is 5.95. The van der Waals surface area contributed by atoms with E-state index in [1.165, 1.54) is 0 Å². The fourth-order valence-electron chi connectivity index (χ4n) is 1.43. The predicted molar refractivity (Wildman–Crippen MR) is 75.0 cm³/mol. The van der Waals surface area contributed by atoms with Gasteiger partial charge in [-0.3, -0.25) is 10.4 Å². The molecular weight excluding hydrogens is 258 g/mol. The fraction of sp³-hybridized carbons (Fsp3) is 0.333. The summed E-state index contributed by atoms with van der Waals surface area (Å²) in [6, 6.07) is 5.92. The van der Waals surface area contributed by atoms with Gasteiger partial charge in [0.05, 0.1) is 18.8 Å². The minimum Gasteiger partial charge on any atom is -0.463 e. The lowest BCUT2D eigenvalue weighted by molar-refractivity contribution is 0.292. The highest BCUT2D eigenvalue weighted by atomic mass is 16.5. The number of anilines is 2. The summed E-state index contributed by atoms with van der Waals surface area (Å²) in [6.45, 7) is 3.04. The van der Waals surface area contributed by atoms with Crippen molar-refractivity contribution >= 4 is 11.9 Å². The molecular formula is C12H17N7O. The summed E-state index contributed by atoms with van der Waals surface area (Å²) >= 11 is 0. The highest BCUT2D eigenvalue weighted by Gasteiger charge is 2.06. The molecule has 2 aromatic rings. The molecule has 0 saturated heterocycles. The third-order valence-electron chi connectivity index (χ3n) is 2.33. The van der Waals surface area contributed by atoms with E-state index < -0.39 is 0 Å². The topological polar surface area (TPSA) is 111 Å². The Hall–Kier alpha value is -2.48. The predicted octanol–water partition coefficient (Wildman–Crippen LogP) is 0.953. The molecule has 106 valence electrons. The summed E-state index contributed by atoms with van der Waals surface area (Å²) in [4.78, 5) is 16.5. The smallest absolute Gasteiger partial charge is 0.323 e. The molecule has 8 nitrogen and oxygen atoms in total. The van der Waals surface area contributed by atoms with Crippen molar-refractivity contribution in [3.63, 3.8) is 0 Å². The number of aromatic nitrogens is 4. The van der Waals surface area contributed by atoms with Crippen LogP contribution in [0.5, 0.6) is 6.01 Å². The first-order chi connectivity index (χ1) is 9.81. The molecule has 20 heavy (non-hydrogen) atoms. The number of ether oxygens (including phenoxy) is 1. The van der Waals surface area contributed by atoms with Gasteiger partial charge in [-0.05, 0) is 18.6 Å². The molecule has 0 aliphatic heterocycles. The van der Waals surface area contributed by atoms with E-state index in [-0.39, 0.29) is 12.0 Å². The third kappa shape index (κ3) is 4.02. The maximum atomic E-state index is 5.38. The first-order valence-electron chi connectivity index (χ1n) is 6.31. The number of hydrazine groups is 1. The van der Waals surface area contributed by atoms with Gasteiger partial charge in [0.25, 0.3) is 0 Å². The molecule has 2 heterocycles. The van der Waals surface area contributed by atoms with E-state index in [4.69, 9.17) is 10.6 Å². The standard InChI is InChI=1S/C12H17N7O/c1-2-7-20-12-17-10(16-11(18-12)19-13)15-8-9-5-3-4-6-14-9/h3-6H,2,7-8,13H2,1H3,(H2,15,16,17,18,19). The minimum absolute atomic E-state index is 0.235. The molecule has 0 aromatic carbocycles. The van der Waals surface area contributed by atoms with Crippen LogP contribution in [0.1, 0.15) is 19.0 Å². The first-order valence-corrected chi connectivity index (χ1v) is 6.31. The molecule has 0 radical (unpaired) electrons. The number of nitrogens with zero attached hydrogens (tertiary/aromatic N) is 4. The second-order valence-corrected chi connectivity index (χ2v) is 3.93. The van der Waals surface area contributed by atoms with Gasteiger partial charge < -0.3 is 10.1 Å². The maximum Gasteiger partial charge on any atom is 0.323 e. The SMILES string of the molecule is CCCOc1nc(NN)nc(NCc2ccccn2)n1. The number of nitrogen functional groups attached to an aromatic ring is 1. The molecule has 0 aliphatic rings. The van der Waals surface area contributed by atoms with Gasteiger partial charge in [-0.1, -0.05) is 13.0 Å². The van der Waals surface area contributed by atoms with Crippen molar-refractivity contribution in [2.24, 2.45) is 5.84 Å². The highest BCUT2D eigenvalue weighted by Crippen LogP contribution is 2.11. The monoisotopic (exact) mass is 275 g/mol. The first kappa shape index (κ1) is 13.9. The fourth-order valence-corrected chi connectivity index (χ4v) is 1.43. The van der Waals surface area contributed by atoms with Gasteiger partial charge in [0.15, 0.2) is 0 Å². The summed E-state index contributed by atoms with van der Waals surface area (Å²) in [7, 11) is 0. The Morgan fingerprint density at radius 3 is 2.75 bits per heavy atom. The number of nitrogens with one attached hydrogen (secondary N) is 2. The zero-order valence-corrected chi connectivity index (χ0v) is 11.2. The van der Waals surface area contributed by atoms with Gasteiger partial charge in [0.1, 0.15) is 0 Å². The Kier molecular flexibility index (Phi) is 5.01. The summed E-state index contributed by atoms with van der Waals surface area (Å²) in [5.41, 5.74) is 3.27. The van der Waals surface area contributed by atoms with Crippen molar-refractivity contribution in [3.05, 3.63) is 30.1 Å². The van der Waals surface area contributed by atoms with E-state index in [2.05, 4.69) is 30.7 Å². The van der Waals surface area contributed by atoms with Crippen molar-refractivity contribution in [1.29, 1.82) is 0 Å². The molecule has 0 saturated carbocycles.